The van der Waals surface area contributed by atoms with E-state index in [1.807, 2.05) is 20.8 Å². The molecule has 3 aromatic heterocycles. The normalized spacial score (nSPS) is 12.2. The lowest BCUT2D eigenvalue weighted by molar-refractivity contribution is 0.312. The monoisotopic (exact) mass is 490 g/mol. The second kappa shape index (κ2) is 12.4. The van der Waals surface area contributed by atoms with Gasteiger partial charge in [0.1, 0.15) is 0 Å². The van der Waals surface area contributed by atoms with E-state index >= 15 is 0 Å². The molecule has 0 unspecified atom stereocenters. The number of hydrogen-bond acceptors (Lipinski definition) is 9. The molecule has 35 heavy (non-hydrogen) atoms. The molecule has 3 aromatic rings. The molecule has 0 amide bonds. The summed E-state index contributed by atoms with van der Waals surface area (Å²) in [6, 6.07) is 0. The molecular formula is C26H46N6O3. The van der Waals surface area contributed by atoms with E-state index in [-0.39, 0.29) is 16.2 Å². The van der Waals surface area contributed by atoms with Gasteiger partial charge in [0.2, 0.25) is 17.7 Å². The molecule has 9 nitrogen and oxygen atoms in total. The van der Waals surface area contributed by atoms with Crippen molar-refractivity contribution in [1.29, 1.82) is 0 Å². The lowest BCUT2D eigenvalue weighted by Gasteiger charge is -2.14. The van der Waals surface area contributed by atoms with Crippen LogP contribution in [0.2, 0.25) is 0 Å². The zero-order valence-electron chi connectivity index (χ0n) is 24.1. The van der Waals surface area contributed by atoms with Gasteiger partial charge in [-0.05, 0) is 23.2 Å². The molecule has 0 N–H and O–H groups in total. The lowest BCUT2D eigenvalue weighted by atomic mass is 9.92. The summed E-state index contributed by atoms with van der Waals surface area (Å²) in [6.07, 6.45) is 2.57. The van der Waals surface area contributed by atoms with Crippen LogP contribution in [0.15, 0.2) is 13.6 Å². The third-order valence-electron chi connectivity index (χ3n) is 4.18. The summed E-state index contributed by atoms with van der Waals surface area (Å²) < 4.78 is 14.9. The molecule has 0 radical (unpaired) electrons. The van der Waals surface area contributed by atoms with E-state index in [0.717, 1.165) is 42.7 Å². The fourth-order valence-corrected chi connectivity index (χ4v) is 2.80. The van der Waals surface area contributed by atoms with Crippen molar-refractivity contribution >= 4 is 0 Å². The number of aryl methyl sites for hydroxylation is 2. The Labute approximate surface area is 210 Å². The van der Waals surface area contributed by atoms with Gasteiger partial charge in [-0.1, -0.05) is 91.6 Å². The summed E-state index contributed by atoms with van der Waals surface area (Å²) in [5.41, 5.74) is 0.674. The van der Waals surface area contributed by atoms with Gasteiger partial charge < -0.3 is 13.6 Å². The third kappa shape index (κ3) is 14.4. The van der Waals surface area contributed by atoms with E-state index in [1.54, 1.807) is 6.92 Å². The van der Waals surface area contributed by atoms with Crippen molar-refractivity contribution in [2.24, 2.45) is 16.2 Å². The first-order chi connectivity index (χ1) is 15.8. The summed E-state index contributed by atoms with van der Waals surface area (Å²) in [7, 11) is 0. The van der Waals surface area contributed by atoms with Crippen molar-refractivity contribution < 1.29 is 13.6 Å². The Morgan fingerprint density at radius 2 is 1.09 bits per heavy atom. The first-order valence-electron chi connectivity index (χ1n) is 12.2. The van der Waals surface area contributed by atoms with Gasteiger partial charge in [-0.2, -0.15) is 15.0 Å². The van der Waals surface area contributed by atoms with Crippen LogP contribution in [0.25, 0.3) is 0 Å². The third-order valence-corrected chi connectivity index (χ3v) is 4.18. The average molecular weight is 491 g/mol. The van der Waals surface area contributed by atoms with E-state index in [1.165, 1.54) is 0 Å². The van der Waals surface area contributed by atoms with E-state index in [4.69, 9.17) is 13.6 Å². The van der Waals surface area contributed by atoms with Crippen LogP contribution in [-0.4, -0.2) is 30.4 Å². The summed E-state index contributed by atoms with van der Waals surface area (Å²) >= 11 is 0. The first kappa shape index (κ1) is 30.5. The highest BCUT2D eigenvalue weighted by atomic mass is 16.5. The molecule has 0 aliphatic heterocycles. The van der Waals surface area contributed by atoms with Crippen LogP contribution in [0.5, 0.6) is 0 Å². The van der Waals surface area contributed by atoms with Crippen LogP contribution in [0, 0.1) is 30.1 Å². The highest BCUT2D eigenvalue weighted by Gasteiger charge is 2.17. The molecule has 3 rings (SSSR count). The summed E-state index contributed by atoms with van der Waals surface area (Å²) in [6.45, 7) is 27.1. The van der Waals surface area contributed by atoms with Gasteiger partial charge in [0, 0.05) is 32.1 Å². The maximum atomic E-state index is 5.11. The van der Waals surface area contributed by atoms with E-state index in [9.17, 15) is 0 Å². The van der Waals surface area contributed by atoms with Crippen LogP contribution in [0.4, 0.5) is 0 Å². The van der Waals surface area contributed by atoms with Crippen molar-refractivity contribution in [2.75, 3.05) is 0 Å². The van der Waals surface area contributed by atoms with Gasteiger partial charge in [-0.3, -0.25) is 0 Å². The maximum absolute atomic E-state index is 5.11. The molecule has 0 fully saturated rings. The van der Waals surface area contributed by atoms with Crippen LogP contribution in [0.1, 0.15) is 117 Å². The van der Waals surface area contributed by atoms with E-state index < -0.39 is 0 Å². The van der Waals surface area contributed by atoms with Crippen LogP contribution in [0.3, 0.4) is 0 Å². The molecule has 0 saturated carbocycles. The van der Waals surface area contributed by atoms with Gasteiger partial charge in [-0.25, -0.2) is 0 Å². The first-order valence-corrected chi connectivity index (χ1v) is 12.2. The Balaban J connectivity index is 0.000000264. The second-order valence-electron chi connectivity index (χ2n) is 12.9. The zero-order chi connectivity index (χ0) is 27.0. The topological polar surface area (TPSA) is 117 Å². The molecule has 0 aliphatic rings. The van der Waals surface area contributed by atoms with Crippen LogP contribution >= 0.6 is 0 Å². The molecule has 9 heteroatoms. The van der Waals surface area contributed by atoms with E-state index in [0.29, 0.717) is 17.6 Å². The summed E-state index contributed by atoms with van der Waals surface area (Å²) in [5.74, 6) is 4.76. The van der Waals surface area contributed by atoms with Gasteiger partial charge in [-0.15, -0.1) is 0 Å². The molecule has 0 atom stereocenters. The van der Waals surface area contributed by atoms with Gasteiger partial charge >= 0.3 is 0 Å². The number of hydrogen-bond donors (Lipinski definition) is 0. The number of rotatable bonds is 4. The Kier molecular flexibility index (Phi) is 10.8. The molecule has 0 bridgehead atoms. The minimum Gasteiger partial charge on any atom is -0.340 e. The molecule has 198 valence electrons. The Morgan fingerprint density at radius 1 is 0.600 bits per heavy atom. The quantitative estimate of drug-likeness (QED) is 0.393. The molecule has 3 heterocycles. The Bertz CT molecular complexity index is 945. The standard InChI is InChI=1S/C10H18N2O.2C8H14N2O/c1-7(2)9-11-8(12-13-9)6-10(3,4)5;1-6-9-7(10-11-6)5-8(2,3)4;1-6-9-7(11-10-6)5-8(2,3)4/h7H,6H2,1-5H3;2*5H2,1-4H3. The molecule has 0 aromatic carbocycles. The predicted octanol–water partition coefficient (Wildman–Crippen LogP) is 6.71. The zero-order valence-corrected chi connectivity index (χ0v) is 24.1. The fraction of sp³-hybridized carbons (Fsp3) is 0.769. The minimum atomic E-state index is 0.220. The minimum absolute atomic E-state index is 0.220. The molecule has 0 saturated heterocycles. The molecule has 0 aliphatic carbocycles. The maximum Gasteiger partial charge on any atom is 0.229 e. The van der Waals surface area contributed by atoms with Crippen molar-refractivity contribution in [3.8, 4) is 0 Å². The van der Waals surface area contributed by atoms with Crippen molar-refractivity contribution in [1.82, 2.24) is 30.4 Å². The van der Waals surface area contributed by atoms with E-state index in [2.05, 4.69) is 92.7 Å². The lowest BCUT2D eigenvalue weighted by Crippen LogP contribution is -2.10. The summed E-state index contributed by atoms with van der Waals surface area (Å²) in [4.78, 5) is 12.6. The SMILES string of the molecule is CC(C)c1nc(CC(C)(C)C)no1.Cc1nc(CC(C)(C)C)no1.Cc1noc(CC(C)(C)C)n1. The Hall–Kier alpha value is -2.58. The van der Waals surface area contributed by atoms with Crippen LogP contribution in [-0.2, 0) is 19.3 Å². The van der Waals surface area contributed by atoms with Gasteiger partial charge in [0.05, 0.1) is 0 Å². The highest BCUT2D eigenvalue weighted by molar-refractivity contribution is 4.93. The van der Waals surface area contributed by atoms with Crippen LogP contribution < -0.4 is 0 Å². The van der Waals surface area contributed by atoms with Gasteiger partial charge in [0.15, 0.2) is 17.5 Å². The van der Waals surface area contributed by atoms with Gasteiger partial charge in [0.25, 0.3) is 0 Å². The average Bonchev–Trinajstić information content (AvgIpc) is 3.35. The fourth-order valence-electron chi connectivity index (χ4n) is 2.80. The highest BCUT2D eigenvalue weighted by Crippen LogP contribution is 2.21. The largest absolute Gasteiger partial charge is 0.340 e. The number of aromatic nitrogens is 6. The Morgan fingerprint density at radius 3 is 1.43 bits per heavy atom. The molecule has 0 spiro atoms. The summed E-state index contributed by atoms with van der Waals surface area (Å²) in [5, 5.41) is 11.5. The molecular weight excluding hydrogens is 444 g/mol. The predicted molar refractivity (Wildman–Crippen MR) is 136 cm³/mol. The van der Waals surface area contributed by atoms with Crippen molar-refractivity contribution in [2.45, 2.75) is 115 Å². The number of nitrogens with zero attached hydrogens (tertiary/aromatic N) is 6. The van der Waals surface area contributed by atoms with Crippen molar-refractivity contribution in [3.63, 3.8) is 0 Å². The smallest absolute Gasteiger partial charge is 0.229 e. The van der Waals surface area contributed by atoms with Crippen molar-refractivity contribution in [3.05, 3.63) is 35.1 Å². The second-order valence-corrected chi connectivity index (χ2v) is 12.9.